The molecule has 42 heavy (non-hydrogen) atoms. The average molecular weight is 583 g/mol. The molecule has 1 heterocycles. The van der Waals surface area contributed by atoms with Crippen LogP contribution in [0.2, 0.25) is 0 Å². The van der Waals surface area contributed by atoms with E-state index in [1.54, 1.807) is 35.5 Å². The molecule has 0 bridgehead atoms. The van der Waals surface area contributed by atoms with Gasteiger partial charge in [-0.05, 0) is 86.7 Å². The number of nitriles is 1. The van der Waals surface area contributed by atoms with Gasteiger partial charge in [0.1, 0.15) is 0 Å². The zero-order chi connectivity index (χ0) is 31.3. The van der Waals surface area contributed by atoms with Crippen LogP contribution in [-0.2, 0) is 21.2 Å². The number of benzene rings is 2. The molecule has 0 amide bonds. The van der Waals surface area contributed by atoms with Crippen molar-refractivity contribution in [2.75, 3.05) is 62.3 Å². The minimum Gasteiger partial charge on any atom is -0.493 e. The summed E-state index contributed by atoms with van der Waals surface area (Å²) in [4.78, 5) is 2.33. The summed E-state index contributed by atoms with van der Waals surface area (Å²) < 4.78 is 34.5. The fraction of sp³-hybridized carbons (Fsp3) is 0.618. The standard InChI is InChI=1S/C34H50N2O6/c1-23(2)34(21-35,24-17-29(39-9)31(41-11)30(18-24)40-10)13-12-15-36(6)16-14-33(5)26-20-28(38-8)27(37-7)19-25(26)32(3,4)22-42-33/h17-20,23H,12-16,22H2,1-11H3. The van der Waals surface area contributed by atoms with E-state index in [1.165, 1.54) is 5.56 Å². The van der Waals surface area contributed by atoms with E-state index in [1.807, 2.05) is 12.1 Å². The van der Waals surface area contributed by atoms with Crippen molar-refractivity contribution in [2.45, 2.75) is 70.3 Å². The Bertz CT molecular complexity index is 1240. The monoisotopic (exact) mass is 582 g/mol. The fourth-order valence-corrected chi connectivity index (χ4v) is 6.08. The van der Waals surface area contributed by atoms with E-state index in [-0.39, 0.29) is 11.3 Å². The van der Waals surface area contributed by atoms with Crippen LogP contribution in [0, 0.1) is 17.2 Å². The van der Waals surface area contributed by atoms with Gasteiger partial charge in [-0.1, -0.05) is 27.7 Å². The highest BCUT2D eigenvalue weighted by molar-refractivity contribution is 5.56. The van der Waals surface area contributed by atoms with Gasteiger partial charge < -0.3 is 33.3 Å². The molecule has 0 saturated heterocycles. The summed E-state index contributed by atoms with van der Waals surface area (Å²) in [5.74, 6) is 3.18. The molecule has 8 heteroatoms. The third-order valence-electron chi connectivity index (χ3n) is 9.02. The topological polar surface area (TPSA) is 82.4 Å². The minimum absolute atomic E-state index is 0.0805. The molecule has 0 aliphatic carbocycles. The van der Waals surface area contributed by atoms with E-state index in [2.05, 4.69) is 64.8 Å². The molecule has 8 nitrogen and oxygen atoms in total. The second-order valence-electron chi connectivity index (χ2n) is 12.5. The van der Waals surface area contributed by atoms with E-state index in [0.29, 0.717) is 36.0 Å². The molecule has 2 aromatic carbocycles. The summed E-state index contributed by atoms with van der Waals surface area (Å²) in [6.45, 7) is 13.1. The Labute approximate surface area is 252 Å². The minimum atomic E-state index is -0.702. The van der Waals surface area contributed by atoms with E-state index < -0.39 is 11.0 Å². The van der Waals surface area contributed by atoms with Gasteiger partial charge in [0.25, 0.3) is 0 Å². The van der Waals surface area contributed by atoms with Crippen LogP contribution in [0.25, 0.3) is 0 Å². The molecule has 0 saturated carbocycles. The van der Waals surface area contributed by atoms with Crippen LogP contribution >= 0.6 is 0 Å². The lowest BCUT2D eigenvalue weighted by Crippen LogP contribution is -2.43. The molecule has 232 valence electrons. The Balaban J connectivity index is 1.76. The van der Waals surface area contributed by atoms with E-state index >= 15 is 0 Å². The van der Waals surface area contributed by atoms with Crippen LogP contribution in [0.1, 0.15) is 70.6 Å². The Hall–Kier alpha value is -3.15. The van der Waals surface area contributed by atoms with Crippen LogP contribution in [0.15, 0.2) is 24.3 Å². The lowest BCUT2D eigenvalue weighted by atomic mass is 9.69. The fourth-order valence-electron chi connectivity index (χ4n) is 6.08. The molecule has 3 rings (SSSR count). The smallest absolute Gasteiger partial charge is 0.203 e. The van der Waals surface area contributed by atoms with Crippen LogP contribution < -0.4 is 23.7 Å². The Morgan fingerprint density at radius 3 is 1.88 bits per heavy atom. The number of hydrogen-bond acceptors (Lipinski definition) is 8. The summed E-state index contributed by atoms with van der Waals surface area (Å²) in [6.07, 6.45) is 2.37. The molecule has 1 aliphatic rings. The highest BCUT2D eigenvalue weighted by Gasteiger charge is 2.42. The Kier molecular flexibility index (Phi) is 10.7. The number of nitrogens with zero attached hydrogens (tertiary/aromatic N) is 2. The highest BCUT2D eigenvalue weighted by Crippen LogP contribution is 2.48. The molecule has 2 atom stereocenters. The van der Waals surface area contributed by atoms with Crippen molar-refractivity contribution in [3.63, 3.8) is 0 Å². The van der Waals surface area contributed by atoms with Gasteiger partial charge in [0.15, 0.2) is 23.0 Å². The molecule has 1 aliphatic heterocycles. The van der Waals surface area contributed by atoms with Crippen molar-refractivity contribution in [1.82, 2.24) is 4.90 Å². The first-order valence-corrected chi connectivity index (χ1v) is 14.7. The van der Waals surface area contributed by atoms with Crippen molar-refractivity contribution in [1.29, 1.82) is 5.26 Å². The first-order chi connectivity index (χ1) is 19.9. The van der Waals surface area contributed by atoms with Gasteiger partial charge in [0.05, 0.1) is 59.2 Å². The van der Waals surface area contributed by atoms with Crippen molar-refractivity contribution in [3.05, 3.63) is 41.0 Å². The van der Waals surface area contributed by atoms with Gasteiger partial charge in [0, 0.05) is 12.0 Å². The molecule has 0 fully saturated rings. The van der Waals surface area contributed by atoms with Crippen LogP contribution in [0.5, 0.6) is 28.7 Å². The van der Waals surface area contributed by atoms with Gasteiger partial charge in [-0.25, -0.2) is 0 Å². The first-order valence-electron chi connectivity index (χ1n) is 14.7. The number of rotatable bonds is 14. The molecule has 2 aromatic rings. The highest BCUT2D eigenvalue weighted by atomic mass is 16.5. The first kappa shape index (κ1) is 33.4. The van der Waals surface area contributed by atoms with Crippen molar-refractivity contribution < 1.29 is 28.4 Å². The number of hydrogen-bond donors (Lipinski definition) is 0. The molecule has 0 spiro atoms. The normalized spacial score (nSPS) is 19.0. The summed E-state index contributed by atoms with van der Waals surface area (Å²) in [5, 5.41) is 10.5. The third-order valence-corrected chi connectivity index (χ3v) is 9.02. The van der Waals surface area contributed by atoms with Gasteiger partial charge in [-0.2, -0.15) is 5.26 Å². The third kappa shape index (κ3) is 6.43. The van der Waals surface area contributed by atoms with Crippen LogP contribution in [-0.4, -0.2) is 67.2 Å². The Morgan fingerprint density at radius 1 is 0.857 bits per heavy atom. The van der Waals surface area contributed by atoms with E-state index in [0.717, 1.165) is 42.8 Å². The maximum Gasteiger partial charge on any atom is 0.203 e. The molecule has 2 unspecified atom stereocenters. The molecular weight excluding hydrogens is 532 g/mol. The largest absolute Gasteiger partial charge is 0.493 e. The number of ether oxygens (including phenoxy) is 6. The summed E-state index contributed by atoms with van der Waals surface area (Å²) in [7, 11) is 10.3. The Morgan fingerprint density at radius 2 is 1.40 bits per heavy atom. The quantitative estimate of drug-likeness (QED) is 0.251. The van der Waals surface area contributed by atoms with Gasteiger partial charge in [0.2, 0.25) is 5.75 Å². The van der Waals surface area contributed by atoms with E-state index in [9.17, 15) is 5.26 Å². The second-order valence-corrected chi connectivity index (χ2v) is 12.5. The average Bonchev–Trinajstić information content (AvgIpc) is 2.99. The van der Waals surface area contributed by atoms with Gasteiger partial charge in [-0.15, -0.1) is 0 Å². The zero-order valence-electron chi connectivity index (χ0n) is 27.5. The van der Waals surface area contributed by atoms with Crippen molar-refractivity contribution >= 4 is 0 Å². The molecular formula is C34H50N2O6. The van der Waals surface area contributed by atoms with Crippen molar-refractivity contribution in [3.8, 4) is 34.8 Å². The maximum absolute atomic E-state index is 10.5. The number of fused-ring (bicyclic) bond motifs is 1. The maximum atomic E-state index is 10.5. The number of methoxy groups -OCH3 is 5. The van der Waals surface area contributed by atoms with Gasteiger partial charge in [-0.3, -0.25) is 0 Å². The predicted molar refractivity (Wildman–Crippen MR) is 165 cm³/mol. The summed E-state index contributed by atoms with van der Waals surface area (Å²) in [6, 6.07) is 10.7. The van der Waals surface area contributed by atoms with Gasteiger partial charge >= 0.3 is 0 Å². The summed E-state index contributed by atoms with van der Waals surface area (Å²) in [5.41, 5.74) is 1.97. The lowest BCUT2D eigenvalue weighted by molar-refractivity contribution is -0.0802. The predicted octanol–water partition coefficient (Wildman–Crippen LogP) is 6.47. The van der Waals surface area contributed by atoms with Crippen molar-refractivity contribution in [2.24, 2.45) is 5.92 Å². The second kappa shape index (κ2) is 13.4. The molecule has 0 radical (unpaired) electrons. The zero-order valence-corrected chi connectivity index (χ0v) is 27.5. The molecule has 0 N–H and O–H groups in total. The van der Waals surface area contributed by atoms with E-state index in [4.69, 9.17) is 28.4 Å². The SMILES string of the molecule is COc1cc2c(cc1OC)C(C)(CCN(C)CCCC(C#N)(c1cc(OC)c(OC)c(OC)c1)C(C)C)OCC2(C)C. The van der Waals surface area contributed by atoms with Crippen LogP contribution in [0.3, 0.4) is 0 Å². The summed E-state index contributed by atoms with van der Waals surface area (Å²) >= 11 is 0. The molecule has 0 aromatic heterocycles. The lowest BCUT2D eigenvalue weighted by Gasteiger charge is -2.44. The van der Waals surface area contributed by atoms with Crippen LogP contribution in [0.4, 0.5) is 0 Å².